The molecule has 1 N–H and O–H groups in total. The second kappa shape index (κ2) is 6.32. The summed E-state index contributed by atoms with van der Waals surface area (Å²) >= 11 is 6.27. The highest BCUT2D eigenvalue weighted by Crippen LogP contribution is 2.31. The van der Waals surface area contributed by atoms with Crippen molar-refractivity contribution in [1.29, 1.82) is 0 Å². The van der Waals surface area contributed by atoms with Gasteiger partial charge in [0, 0.05) is 61.5 Å². The minimum atomic E-state index is 0.220. The van der Waals surface area contributed by atoms with E-state index < -0.39 is 0 Å². The van der Waals surface area contributed by atoms with E-state index in [0.717, 1.165) is 41.9 Å². The second-order valence-electron chi connectivity index (χ2n) is 6.21. The Labute approximate surface area is 145 Å². The first-order valence-electron chi connectivity index (χ1n) is 8.24. The molecular weight excluding hydrogens is 324 g/mol. The van der Waals surface area contributed by atoms with Gasteiger partial charge in [0.1, 0.15) is 0 Å². The van der Waals surface area contributed by atoms with Gasteiger partial charge in [-0.2, -0.15) is 0 Å². The lowest BCUT2D eigenvalue weighted by Crippen LogP contribution is -2.35. The largest absolute Gasteiger partial charge is 0.357 e. The Balaban J connectivity index is 1.44. The molecule has 0 saturated carbocycles. The molecule has 1 amide bonds. The molecule has 3 aromatic rings. The van der Waals surface area contributed by atoms with Gasteiger partial charge in [0.05, 0.1) is 16.9 Å². The van der Waals surface area contributed by atoms with Crippen molar-refractivity contribution in [3.8, 4) is 0 Å². The Morgan fingerprint density at radius 3 is 3.12 bits per heavy atom. The number of fused-ring (bicyclic) bond motifs is 3. The SMILES string of the molecule is O=C(CCCn1ccnc1)N1CCc2[nH]c3c(Cl)cccc3c2C1. The molecule has 2 aromatic heterocycles. The monoisotopic (exact) mass is 342 g/mol. The smallest absolute Gasteiger partial charge is 0.222 e. The third kappa shape index (κ3) is 2.80. The number of rotatable bonds is 4. The van der Waals surface area contributed by atoms with Gasteiger partial charge in [-0.15, -0.1) is 0 Å². The Kier molecular flexibility index (Phi) is 4.02. The number of nitrogens with one attached hydrogen (secondary N) is 1. The number of hydrogen-bond donors (Lipinski definition) is 1. The number of amides is 1. The Hall–Kier alpha value is -2.27. The van der Waals surface area contributed by atoms with Gasteiger partial charge in [0.15, 0.2) is 0 Å². The predicted molar refractivity (Wildman–Crippen MR) is 93.9 cm³/mol. The number of aromatic amines is 1. The minimum Gasteiger partial charge on any atom is -0.357 e. The van der Waals surface area contributed by atoms with Gasteiger partial charge in [-0.05, 0) is 12.5 Å². The van der Waals surface area contributed by atoms with Crippen molar-refractivity contribution in [3.05, 3.63) is 53.2 Å². The molecule has 0 fully saturated rings. The van der Waals surface area contributed by atoms with Crippen molar-refractivity contribution in [2.24, 2.45) is 0 Å². The van der Waals surface area contributed by atoms with E-state index in [0.29, 0.717) is 13.0 Å². The molecule has 24 heavy (non-hydrogen) atoms. The molecule has 6 heteroatoms. The van der Waals surface area contributed by atoms with Crippen molar-refractivity contribution < 1.29 is 4.79 Å². The topological polar surface area (TPSA) is 53.9 Å². The Morgan fingerprint density at radius 1 is 1.38 bits per heavy atom. The number of halogens is 1. The number of H-pyrrole nitrogens is 1. The maximum Gasteiger partial charge on any atom is 0.222 e. The van der Waals surface area contributed by atoms with Gasteiger partial charge in [0.2, 0.25) is 5.91 Å². The van der Waals surface area contributed by atoms with Gasteiger partial charge in [-0.1, -0.05) is 23.7 Å². The average Bonchev–Trinajstić information content (AvgIpc) is 3.22. The summed E-state index contributed by atoms with van der Waals surface area (Å²) in [6.45, 7) is 2.26. The van der Waals surface area contributed by atoms with Crippen LogP contribution in [0, 0.1) is 0 Å². The Morgan fingerprint density at radius 2 is 2.29 bits per heavy atom. The number of benzene rings is 1. The second-order valence-corrected chi connectivity index (χ2v) is 6.62. The van der Waals surface area contributed by atoms with E-state index in [1.54, 1.807) is 12.5 Å². The fourth-order valence-corrected chi connectivity index (χ4v) is 3.63. The van der Waals surface area contributed by atoms with Crippen LogP contribution in [-0.2, 0) is 24.3 Å². The van der Waals surface area contributed by atoms with Crippen LogP contribution in [0.1, 0.15) is 24.1 Å². The van der Waals surface area contributed by atoms with Gasteiger partial charge in [-0.3, -0.25) is 4.79 Å². The summed E-state index contributed by atoms with van der Waals surface area (Å²) in [6.07, 6.45) is 7.72. The number of carbonyl (C=O) groups is 1. The molecule has 1 aliphatic heterocycles. The first kappa shape index (κ1) is 15.3. The van der Waals surface area contributed by atoms with Crippen LogP contribution in [0.15, 0.2) is 36.9 Å². The summed E-state index contributed by atoms with van der Waals surface area (Å²) in [7, 11) is 0. The van der Waals surface area contributed by atoms with E-state index in [-0.39, 0.29) is 5.91 Å². The number of hydrogen-bond acceptors (Lipinski definition) is 2. The van der Waals surface area contributed by atoms with E-state index >= 15 is 0 Å². The summed E-state index contributed by atoms with van der Waals surface area (Å²) in [5.74, 6) is 0.220. The van der Waals surface area contributed by atoms with Crippen molar-refractivity contribution in [2.75, 3.05) is 6.54 Å². The number of imidazole rings is 1. The molecule has 124 valence electrons. The van der Waals surface area contributed by atoms with Gasteiger partial charge >= 0.3 is 0 Å². The van der Waals surface area contributed by atoms with E-state index in [4.69, 9.17) is 11.6 Å². The number of aromatic nitrogens is 3. The quantitative estimate of drug-likeness (QED) is 0.790. The maximum atomic E-state index is 12.5. The van der Waals surface area contributed by atoms with Crippen molar-refractivity contribution >= 4 is 28.4 Å². The van der Waals surface area contributed by atoms with Crippen LogP contribution >= 0.6 is 11.6 Å². The standard InChI is InChI=1S/C18H19ClN4O/c19-15-4-1-3-13-14-11-23(9-6-16(14)21-18(13)15)17(24)5-2-8-22-10-7-20-12-22/h1,3-4,7,10,12,21H,2,5-6,8-9,11H2. The lowest BCUT2D eigenvalue weighted by atomic mass is 10.0. The molecule has 0 saturated heterocycles. The molecule has 5 nitrogen and oxygen atoms in total. The molecule has 0 unspecified atom stereocenters. The van der Waals surface area contributed by atoms with Crippen LogP contribution < -0.4 is 0 Å². The molecule has 0 spiro atoms. The maximum absolute atomic E-state index is 12.5. The summed E-state index contributed by atoms with van der Waals surface area (Å²) in [5.41, 5.74) is 3.40. The average molecular weight is 343 g/mol. The van der Waals surface area contributed by atoms with Crippen molar-refractivity contribution in [3.63, 3.8) is 0 Å². The summed E-state index contributed by atoms with van der Waals surface area (Å²) in [6, 6.07) is 5.93. The van der Waals surface area contributed by atoms with Crippen LogP contribution in [0.25, 0.3) is 10.9 Å². The highest BCUT2D eigenvalue weighted by Gasteiger charge is 2.24. The van der Waals surface area contributed by atoms with E-state index in [1.165, 1.54) is 11.3 Å². The minimum absolute atomic E-state index is 0.220. The first-order chi connectivity index (χ1) is 11.7. The molecule has 0 aliphatic carbocycles. The third-order valence-electron chi connectivity index (χ3n) is 4.68. The van der Waals surface area contributed by atoms with Gasteiger partial charge < -0.3 is 14.5 Å². The highest BCUT2D eigenvalue weighted by molar-refractivity contribution is 6.35. The van der Waals surface area contributed by atoms with Crippen LogP contribution in [-0.4, -0.2) is 31.9 Å². The number of para-hydroxylation sites is 1. The van der Waals surface area contributed by atoms with E-state index in [1.807, 2.05) is 27.8 Å². The van der Waals surface area contributed by atoms with Crippen molar-refractivity contribution in [1.82, 2.24) is 19.4 Å². The zero-order valence-corrected chi connectivity index (χ0v) is 14.1. The molecule has 1 aliphatic rings. The first-order valence-corrected chi connectivity index (χ1v) is 8.61. The summed E-state index contributed by atoms with van der Waals surface area (Å²) in [5, 5.41) is 1.87. The van der Waals surface area contributed by atoms with E-state index in [2.05, 4.69) is 16.0 Å². The predicted octanol–water partition coefficient (Wildman–Crippen LogP) is 3.38. The highest BCUT2D eigenvalue weighted by atomic mass is 35.5. The fourth-order valence-electron chi connectivity index (χ4n) is 3.41. The molecular formula is C18H19ClN4O. The zero-order valence-electron chi connectivity index (χ0n) is 13.3. The third-order valence-corrected chi connectivity index (χ3v) is 4.99. The number of aryl methyl sites for hydroxylation is 1. The summed E-state index contributed by atoms with van der Waals surface area (Å²) < 4.78 is 2.00. The van der Waals surface area contributed by atoms with Crippen LogP contribution in [0.2, 0.25) is 5.02 Å². The number of carbonyl (C=O) groups excluding carboxylic acids is 1. The van der Waals surface area contributed by atoms with Crippen LogP contribution in [0.4, 0.5) is 0 Å². The molecule has 0 bridgehead atoms. The fraction of sp³-hybridized carbons (Fsp3) is 0.333. The molecule has 0 radical (unpaired) electrons. The summed E-state index contributed by atoms with van der Waals surface area (Å²) in [4.78, 5) is 21.9. The molecule has 1 aromatic carbocycles. The van der Waals surface area contributed by atoms with E-state index in [9.17, 15) is 4.79 Å². The number of nitrogens with zero attached hydrogens (tertiary/aromatic N) is 3. The molecule has 4 rings (SSSR count). The molecule has 0 atom stereocenters. The zero-order chi connectivity index (χ0) is 16.5. The molecule has 3 heterocycles. The van der Waals surface area contributed by atoms with Crippen LogP contribution in [0.5, 0.6) is 0 Å². The lowest BCUT2D eigenvalue weighted by Gasteiger charge is -2.27. The van der Waals surface area contributed by atoms with Crippen LogP contribution in [0.3, 0.4) is 0 Å². The van der Waals surface area contributed by atoms with Gasteiger partial charge in [0.25, 0.3) is 0 Å². The normalized spacial score (nSPS) is 14.1. The lowest BCUT2D eigenvalue weighted by molar-refractivity contribution is -0.132. The van der Waals surface area contributed by atoms with Crippen molar-refractivity contribution in [2.45, 2.75) is 32.4 Å². The Bertz CT molecular complexity index is 869. The van der Waals surface area contributed by atoms with Gasteiger partial charge in [-0.25, -0.2) is 4.98 Å².